The van der Waals surface area contributed by atoms with Gasteiger partial charge in [-0.15, -0.1) is 0 Å². The molecule has 0 saturated carbocycles. The van der Waals surface area contributed by atoms with Crippen LogP contribution in [-0.2, 0) is 20.9 Å². The number of amides is 3. The van der Waals surface area contributed by atoms with Gasteiger partial charge in [0.15, 0.2) is 5.76 Å². The van der Waals surface area contributed by atoms with E-state index in [-0.39, 0.29) is 30.5 Å². The predicted octanol–water partition coefficient (Wildman–Crippen LogP) is 5.54. The molecule has 216 valence electrons. The van der Waals surface area contributed by atoms with Crippen molar-refractivity contribution >= 4 is 52.1 Å². The molecule has 0 spiro atoms. The van der Waals surface area contributed by atoms with E-state index in [1.807, 2.05) is 37.3 Å². The number of carbonyl (C=O) groups excluding carboxylic acids is 3. The Morgan fingerprint density at radius 1 is 0.976 bits per heavy atom. The minimum absolute atomic E-state index is 0.0234. The molecule has 0 aliphatic carbocycles. The summed E-state index contributed by atoms with van der Waals surface area (Å²) in [5.41, 5.74) is 2.45. The molecule has 0 aliphatic rings. The SMILES string of the molecule is CCCCC(=O)N(CC(=O)O)c1ccc(NC(=O)c2cc3cc(C(=N)NC(=O)OCc4ccccc4)ccc3o2)cc1. The first-order chi connectivity index (χ1) is 20.2. The average Bonchev–Trinajstić information content (AvgIpc) is 3.42. The normalized spacial score (nSPS) is 10.6. The van der Waals surface area contributed by atoms with Crippen molar-refractivity contribution in [2.24, 2.45) is 0 Å². The average molecular weight is 571 g/mol. The summed E-state index contributed by atoms with van der Waals surface area (Å²) >= 11 is 0. The number of hydrogen-bond donors (Lipinski definition) is 4. The number of hydrogen-bond acceptors (Lipinski definition) is 7. The van der Waals surface area contributed by atoms with Crippen LogP contribution in [0.3, 0.4) is 0 Å². The van der Waals surface area contributed by atoms with Gasteiger partial charge in [-0.25, -0.2) is 4.79 Å². The molecule has 0 unspecified atom stereocenters. The van der Waals surface area contributed by atoms with Crippen LogP contribution >= 0.6 is 0 Å². The topological polar surface area (TPSA) is 162 Å². The molecule has 1 aromatic heterocycles. The summed E-state index contributed by atoms with van der Waals surface area (Å²) in [6.07, 6.45) is 0.938. The second-order valence-corrected chi connectivity index (χ2v) is 9.40. The van der Waals surface area contributed by atoms with E-state index < -0.39 is 24.5 Å². The zero-order valence-corrected chi connectivity index (χ0v) is 22.9. The van der Waals surface area contributed by atoms with Crippen molar-refractivity contribution in [3.8, 4) is 0 Å². The van der Waals surface area contributed by atoms with Gasteiger partial charge in [-0.2, -0.15) is 0 Å². The van der Waals surface area contributed by atoms with Crippen LogP contribution in [0.5, 0.6) is 0 Å². The molecule has 3 amide bonds. The maximum atomic E-state index is 12.9. The maximum absolute atomic E-state index is 12.9. The third-order valence-corrected chi connectivity index (χ3v) is 6.24. The highest BCUT2D eigenvalue weighted by molar-refractivity contribution is 6.08. The van der Waals surface area contributed by atoms with Gasteiger partial charge in [0.05, 0.1) is 0 Å². The summed E-state index contributed by atoms with van der Waals surface area (Å²) in [7, 11) is 0. The number of carboxylic acids is 1. The first-order valence-electron chi connectivity index (χ1n) is 13.3. The smallest absolute Gasteiger partial charge is 0.413 e. The van der Waals surface area contributed by atoms with Crippen LogP contribution in [0.15, 0.2) is 83.3 Å². The van der Waals surface area contributed by atoms with E-state index in [9.17, 15) is 24.3 Å². The maximum Gasteiger partial charge on any atom is 0.413 e. The Bertz CT molecular complexity index is 1600. The summed E-state index contributed by atoms with van der Waals surface area (Å²) in [6.45, 7) is 1.55. The number of carboxylic acid groups (broad SMARTS) is 1. The summed E-state index contributed by atoms with van der Waals surface area (Å²) in [5.74, 6) is -2.09. The molecular formula is C31H30N4O7. The lowest BCUT2D eigenvalue weighted by atomic mass is 10.1. The zero-order valence-electron chi connectivity index (χ0n) is 22.9. The molecule has 0 atom stereocenters. The molecule has 42 heavy (non-hydrogen) atoms. The Balaban J connectivity index is 1.38. The van der Waals surface area contributed by atoms with Gasteiger partial charge in [0.25, 0.3) is 5.91 Å². The van der Waals surface area contributed by atoms with Crippen molar-refractivity contribution in [1.82, 2.24) is 5.32 Å². The highest BCUT2D eigenvalue weighted by atomic mass is 16.5. The molecule has 4 aromatic rings. The monoisotopic (exact) mass is 570 g/mol. The Kier molecular flexibility index (Phi) is 9.67. The first-order valence-corrected chi connectivity index (χ1v) is 13.3. The number of amidine groups is 1. The lowest BCUT2D eigenvalue weighted by molar-refractivity contribution is -0.136. The van der Waals surface area contributed by atoms with Crippen LogP contribution in [-0.4, -0.2) is 41.4 Å². The molecule has 3 aromatic carbocycles. The van der Waals surface area contributed by atoms with Crippen LogP contribution < -0.4 is 15.5 Å². The van der Waals surface area contributed by atoms with Crippen molar-refractivity contribution in [1.29, 1.82) is 5.41 Å². The summed E-state index contributed by atoms with van der Waals surface area (Å²) in [6, 6.07) is 21.7. The Morgan fingerprint density at radius 2 is 1.71 bits per heavy atom. The van der Waals surface area contributed by atoms with Gasteiger partial charge in [0.2, 0.25) is 5.91 Å². The third-order valence-electron chi connectivity index (χ3n) is 6.24. The number of furan rings is 1. The number of unbranched alkanes of at least 4 members (excludes halogenated alkanes) is 1. The molecule has 0 radical (unpaired) electrons. The second-order valence-electron chi connectivity index (χ2n) is 9.40. The number of ether oxygens (including phenoxy) is 1. The van der Waals surface area contributed by atoms with Gasteiger partial charge in [-0.05, 0) is 60.5 Å². The number of fused-ring (bicyclic) bond motifs is 1. The number of nitrogens with zero attached hydrogens (tertiary/aromatic N) is 1. The quantitative estimate of drug-likeness (QED) is 0.136. The fraction of sp³-hybridized carbons (Fsp3) is 0.194. The number of aliphatic carboxylic acids is 1. The van der Waals surface area contributed by atoms with E-state index >= 15 is 0 Å². The van der Waals surface area contributed by atoms with E-state index in [4.69, 9.17) is 14.6 Å². The van der Waals surface area contributed by atoms with Crippen molar-refractivity contribution in [2.75, 3.05) is 16.8 Å². The van der Waals surface area contributed by atoms with Crippen molar-refractivity contribution in [3.05, 3.63) is 95.7 Å². The molecule has 0 aliphatic heterocycles. The molecule has 4 N–H and O–H groups in total. The van der Waals surface area contributed by atoms with Gasteiger partial charge in [0, 0.05) is 28.7 Å². The summed E-state index contributed by atoms with van der Waals surface area (Å²) in [5, 5.41) is 23.1. The lowest BCUT2D eigenvalue weighted by Gasteiger charge is -2.21. The zero-order chi connectivity index (χ0) is 30.1. The highest BCUT2D eigenvalue weighted by Crippen LogP contribution is 2.23. The van der Waals surface area contributed by atoms with Crippen LogP contribution in [0.25, 0.3) is 11.0 Å². The minimum Gasteiger partial charge on any atom is -0.480 e. The van der Waals surface area contributed by atoms with Gasteiger partial charge in [-0.1, -0.05) is 43.7 Å². The van der Waals surface area contributed by atoms with Gasteiger partial charge < -0.3 is 24.5 Å². The van der Waals surface area contributed by atoms with Crippen molar-refractivity contribution < 1.29 is 33.4 Å². The summed E-state index contributed by atoms with van der Waals surface area (Å²) < 4.78 is 10.8. The minimum atomic E-state index is -1.13. The van der Waals surface area contributed by atoms with Crippen LogP contribution in [0.1, 0.15) is 47.9 Å². The fourth-order valence-corrected chi connectivity index (χ4v) is 4.08. The van der Waals surface area contributed by atoms with Crippen molar-refractivity contribution in [3.63, 3.8) is 0 Å². The fourth-order valence-electron chi connectivity index (χ4n) is 4.08. The standard InChI is InChI=1S/C31H30N4O7/c1-2-3-9-27(36)35(18-28(37)38)24-13-11-23(12-14-24)33-30(39)26-17-22-16-21(10-15-25(22)42-26)29(32)34-31(40)41-19-20-7-5-4-6-8-20/h4-8,10-17H,2-3,9,18-19H2,1H3,(H,33,39)(H,37,38)(H2,32,34,40). The first kappa shape index (κ1) is 29.5. The van der Waals surface area contributed by atoms with Crippen LogP contribution in [0.4, 0.5) is 16.2 Å². The van der Waals surface area contributed by atoms with Gasteiger partial charge >= 0.3 is 12.1 Å². The summed E-state index contributed by atoms with van der Waals surface area (Å²) in [4.78, 5) is 50.0. The van der Waals surface area contributed by atoms with E-state index in [1.165, 1.54) is 11.0 Å². The van der Waals surface area contributed by atoms with E-state index in [1.54, 1.807) is 42.5 Å². The number of benzene rings is 3. The lowest BCUT2D eigenvalue weighted by Crippen LogP contribution is -2.35. The Morgan fingerprint density at radius 3 is 2.40 bits per heavy atom. The third kappa shape index (κ3) is 7.81. The molecule has 0 saturated heterocycles. The largest absolute Gasteiger partial charge is 0.480 e. The van der Waals surface area contributed by atoms with E-state index in [0.29, 0.717) is 34.3 Å². The number of rotatable bonds is 11. The molecule has 11 nitrogen and oxygen atoms in total. The molecule has 0 bridgehead atoms. The Hall–Kier alpha value is -5.45. The van der Waals surface area contributed by atoms with Crippen LogP contribution in [0, 0.1) is 5.41 Å². The Labute approximate surface area is 241 Å². The number of nitrogens with one attached hydrogen (secondary N) is 3. The molecule has 11 heteroatoms. The second kappa shape index (κ2) is 13.8. The van der Waals surface area contributed by atoms with E-state index in [0.717, 1.165) is 12.0 Å². The number of carbonyl (C=O) groups is 4. The molecule has 4 rings (SSSR count). The predicted molar refractivity (Wildman–Crippen MR) is 157 cm³/mol. The molecule has 1 heterocycles. The van der Waals surface area contributed by atoms with Gasteiger partial charge in [-0.3, -0.25) is 25.1 Å². The highest BCUT2D eigenvalue weighted by Gasteiger charge is 2.19. The van der Waals surface area contributed by atoms with Crippen LogP contribution in [0.2, 0.25) is 0 Å². The molecule has 0 fully saturated rings. The molecular weight excluding hydrogens is 540 g/mol. The van der Waals surface area contributed by atoms with Crippen molar-refractivity contribution in [2.45, 2.75) is 32.8 Å². The van der Waals surface area contributed by atoms with Gasteiger partial charge in [0.1, 0.15) is 24.6 Å². The number of alkyl carbamates (subject to hydrolysis) is 1. The van der Waals surface area contributed by atoms with E-state index in [2.05, 4.69) is 10.6 Å². The number of anilines is 2.